The summed E-state index contributed by atoms with van der Waals surface area (Å²) in [5.41, 5.74) is 0.540. The van der Waals surface area contributed by atoms with Crippen LogP contribution in [0.25, 0.3) is 0 Å². The van der Waals surface area contributed by atoms with Gasteiger partial charge >= 0.3 is 11.8 Å². The molecule has 24 heavy (non-hydrogen) atoms. The molecule has 0 unspecified atom stereocenters. The van der Waals surface area contributed by atoms with Crippen molar-refractivity contribution in [3.63, 3.8) is 0 Å². The van der Waals surface area contributed by atoms with Gasteiger partial charge in [0.25, 0.3) is 0 Å². The minimum atomic E-state index is -3.73. The summed E-state index contributed by atoms with van der Waals surface area (Å²) in [6, 6.07) is 16.6. The molecule has 0 fully saturated rings. The summed E-state index contributed by atoms with van der Waals surface area (Å²) < 4.78 is 25.9. The zero-order chi connectivity index (χ0) is 17.6. The molecule has 0 saturated carbocycles. The second-order valence-electron chi connectivity index (χ2n) is 5.05. The standard InChI is InChI=1S/C17H18N2O4S/c1-18-16(20)17(21)19-12-15(13-8-4-2-5-9-13)24(22,23)14-10-6-3-7-11-14/h2-11,15H,12H2,1H3,(H,18,20)(H,19,21)/t15-/m0/s1. The van der Waals surface area contributed by atoms with Crippen LogP contribution in [0.4, 0.5) is 0 Å². The summed E-state index contributed by atoms with van der Waals surface area (Å²) in [6.45, 7) is -0.201. The van der Waals surface area contributed by atoms with E-state index in [0.717, 1.165) is 0 Å². The Morgan fingerprint density at radius 1 is 0.917 bits per heavy atom. The lowest BCUT2D eigenvalue weighted by molar-refractivity contribution is -0.138. The predicted octanol–water partition coefficient (Wildman–Crippen LogP) is 1.06. The second kappa shape index (κ2) is 7.74. The maximum Gasteiger partial charge on any atom is 0.309 e. The zero-order valence-corrected chi connectivity index (χ0v) is 13.9. The van der Waals surface area contributed by atoms with Gasteiger partial charge in [0.1, 0.15) is 5.25 Å². The Morgan fingerprint density at radius 2 is 1.46 bits per heavy atom. The summed E-state index contributed by atoms with van der Waals surface area (Å²) in [6.07, 6.45) is 0. The highest BCUT2D eigenvalue weighted by molar-refractivity contribution is 7.91. The van der Waals surface area contributed by atoms with E-state index in [2.05, 4.69) is 10.6 Å². The third-order valence-electron chi connectivity index (χ3n) is 3.50. The molecular formula is C17H18N2O4S. The first-order chi connectivity index (χ1) is 11.5. The van der Waals surface area contributed by atoms with E-state index in [-0.39, 0.29) is 11.4 Å². The van der Waals surface area contributed by atoms with Gasteiger partial charge in [-0.05, 0) is 17.7 Å². The normalized spacial score (nSPS) is 12.2. The fraction of sp³-hybridized carbons (Fsp3) is 0.176. The van der Waals surface area contributed by atoms with Crippen LogP contribution in [0.5, 0.6) is 0 Å². The van der Waals surface area contributed by atoms with Crippen LogP contribution in [0.1, 0.15) is 10.8 Å². The Morgan fingerprint density at radius 3 is 2.00 bits per heavy atom. The average molecular weight is 346 g/mol. The van der Waals surface area contributed by atoms with Crippen LogP contribution < -0.4 is 10.6 Å². The molecule has 126 valence electrons. The van der Waals surface area contributed by atoms with E-state index >= 15 is 0 Å². The summed E-state index contributed by atoms with van der Waals surface area (Å²) in [5.74, 6) is -1.69. The van der Waals surface area contributed by atoms with Crippen LogP contribution in [0, 0.1) is 0 Å². The Labute approximate surface area is 140 Å². The van der Waals surface area contributed by atoms with Crippen molar-refractivity contribution in [2.75, 3.05) is 13.6 Å². The lowest BCUT2D eigenvalue weighted by atomic mass is 10.1. The monoisotopic (exact) mass is 346 g/mol. The fourth-order valence-electron chi connectivity index (χ4n) is 2.23. The van der Waals surface area contributed by atoms with Crippen LogP contribution in [-0.4, -0.2) is 33.8 Å². The molecular weight excluding hydrogens is 328 g/mol. The first kappa shape index (κ1) is 17.7. The van der Waals surface area contributed by atoms with Crippen molar-refractivity contribution < 1.29 is 18.0 Å². The van der Waals surface area contributed by atoms with Crippen molar-refractivity contribution in [3.8, 4) is 0 Å². The Kier molecular flexibility index (Phi) is 5.70. The number of likely N-dealkylation sites (N-methyl/N-ethyl adjacent to an activating group) is 1. The highest BCUT2D eigenvalue weighted by atomic mass is 32.2. The lowest BCUT2D eigenvalue weighted by Gasteiger charge is -2.18. The third-order valence-corrected chi connectivity index (χ3v) is 5.62. The molecule has 0 spiro atoms. The van der Waals surface area contributed by atoms with Crippen LogP contribution in [0.3, 0.4) is 0 Å². The molecule has 0 aliphatic carbocycles. The minimum absolute atomic E-state index is 0.160. The zero-order valence-electron chi connectivity index (χ0n) is 13.1. The number of carbonyl (C=O) groups is 2. The van der Waals surface area contributed by atoms with Gasteiger partial charge in [-0.3, -0.25) is 9.59 Å². The molecule has 2 aromatic rings. The lowest BCUT2D eigenvalue weighted by Crippen LogP contribution is -2.41. The second-order valence-corrected chi connectivity index (χ2v) is 7.18. The summed E-state index contributed by atoms with van der Waals surface area (Å²) in [4.78, 5) is 23.1. The van der Waals surface area contributed by atoms with E-state index in [1.165, 1.54) is 19.2 Å². The van der Waals surface area contributed by atoms with Crippen molar-refractivity contribution in [1.82, 2.24) is 10.6 Å². The number of benzene rings is 2. The molecule has 2 amide bonds. The van der Waals surface area contributed by atoms with Crippen molar-refractivity contribution in [2.24, 2.45) is 0 Å². The van der Waals surface area contributed by atoms with Crippen LogP contribution in [0.15, 0.2) is 65.6 Å². The van der Waals surface area contributed by atoms with Gasteiger partial charge in [-0.1, -0.05) is 48.5 Å². The van der Waals surface area contributed by atoms with Gasteiger partial charge < -0.3 is 10.6 Å². The highest BCUT2D eigenvalue weighted by Gasteiger charge is 2.30. The maximum absolute atomic E-state index is 12.9. The van der Waals surface area contributed by atoms with Gasteiger partial charge in [-0.15, -0.1) is 0 Å². The molecule has 1 atom stereocenters. The Bertz CT molecular complexity index is 805. The summed E-state index contributed by atoms with van der Waals surface area (Å²) in [7, 11) is -2.40. The molecule has 2 N–H and O–H groups in total. The number of hydrogen-bond donors (Lipinski definition) is 2. The molecule has 0 saturated heterocycles. The first-order valence-electron chi connectivity index (χ1n) is 7.30. The number of rotatable bonds is 5. The van der Waals surface area contributed by atoms with Crippen molar-refractivity contribution in [1.29, 1.82) is 0 Å². The summed E-state index contributed by atoms with van der Waals surface area (Å²) >= 11 is 0. The quantitative estimate of drug-likeness (QED) is 0.792. The predicted molar refractivity (Wildman–Crippen MR) is 89.9 cm³/mol. The van der Waals surface area contributed by atoms with E-state index in [1.807, 2.05) is 0 Å². The van der Waals surface area contributed by atoms with E-state index in [9.17, 15) is 18.0 Å². The molecule has 2 rings (SSSR count). The van der Waals surface area contributed by atoms with E-state index in [0.29, 0.717) is 5.56 Å². The van der Waals surface area contributed by atoms with Gasteiger partial charge in [0, 0.05) is 13.6 Å². The number of carbonyl (C=O) groups excluding carboxylic acids is 2. The largest absolute Gasteiger partial charge is 0.351 e. The van der Waals surface area contributed by atoms with Crippen molar-refractivity contribution in [3.05, 3.63) is 66.2 Å². The van der Waals surface area contributed by atoms with Crippen LogP contribution in [-0.2, 0) is 19.4 Å². The average Bonchev–Trinajstić information content (AvgIpc) is 2.62. The van der Waals surface area contributed by atoms with E-state index < -0.39 is 26.9 Å². The molecule has 0 heterocycles. The molecule has 0 bridgehead atoms. The van der Waals surface area contributed by atoms with Crippen LogP contribution in [0.2, 0.25) is 0 Å². The maximum atomic E-state index is 12.9. The first-order valence-corrected chi connectivity index (χ1v) is 8.85. The van der Waals surface area contributed by atoms with Gasteiger partial charge in [0.15, 0.2) is 9.84 Å². The number of hydrogen-bond acceptors (Lipinski definition) is 4. The molecule has 7 heteroatoms. The molecule has 0 aliphatic rings. The topological polar surface area (TPSA) is 92.3 Å². The fourth-order valence-corrected chi connectivity index (χ4v) is 3.91. The van der Waals surface area contributed by atoms with Gasteiger partial charge in [0.2, 0.25) is 0 Å². The van der Waals surface area contributed by atoms with Crippen molar-refractivity contribution >= 4 is 21.7 Å². The number of sulfone groups is 1. The molecule has 0 aliphatic heterocycles. The number of amides is 2. The van der Waals surface area contributed by atoms with Gasteiger partial charge in [0.05, 0.1) is 4.90 Å². The summed E-state index contributed by atoms with van der Waals surface area (Å²) in [5, 5.41) is 3.58. The molecule has 0 aromatic heterocycles. The smallest absolute Gasteiger partial charge is 0.309 e. The van der Waals surface area contributed by atoms with Crippen molar-refractivity contribution in [2.45, 2.75) is 10.1 Å². The van der Waals surface area contributed by atoms with Gasteiger partial charge in [-0.25, -0.2) is 8.42 Å². The SMILES string of the molecule is CNC(=O)C(=O)NC[C@@H](c1ccccc1)S(=O)(=O)c1ccccc1. The molecule has 0 radical (unpaired) electrons. The minimum Gasteiger partial charge on any atom is -0.351 e. The molecule has 6 nitrogen and oxygen atoms in total. The van der Waals surface area contributed by atoms with Gasteiger partial charge in [-0.2, -0.15) is 0 Å². The third kappa shape index (κ3) is 3.99. The highest BCUT2D eigenvalue weighted by Crippen LogP contribution is 2.28. The van der Waals surface area contributed by atoms with E-state index in [1.54, 1.807) is 48.5 Å². The van der Waals surface area contributed by atoms with E-state index in [4.69, 9.17) is 0 Å². The molecule has 2 aromatic carbocycles. The Hall–Kier alpha value is -2.67. The van der Waals surface area contributed by atoms with Crippen LogP contribution >= 0.6 is 0 Å². The Balaban J connectivity index is 2.34. The number of nitrogens with one attached hydrogen (secondary N) is 2.